The number of hydrogen-bond donors (Lipinski definition) is 0. The molecule has 2 amide bonds. The van der Waals surface area contributed by atoms with Gasteiger partial charge in [0.1, 0.15) is 6.04 Å². The summed E-state index contributed by atoms with van der Waals surface area (Å²) < 4.78 is 5.31. The Morgan fingerprint density at radius 2 is 2.20 bits per heavy atom. The molecule has 3 heterocycles. The predicted molar refractivity (Wildman–Crippen MR) is 88.5 cm³/mol. The molecule has 1 fully saturated rings. The molecule has 132 valence electrons. The SMILES string of the molecule is CCC(=O)N1CCCN(C(=O)c2cccnc2)CC1c1nc(C)no1. The second-order valence-corrected chi connectivity index (χ2v) is 5.98. The van der Waals surface area contributed by atoms with E-state index in [0.717, 1.165) is 0 Å². The minimum Gasteiger partial charge on any atom is -0.337 e. The van der Waals surface area contributed by atoms with Crippen molar-refractivity contribution in [3.8, 4) is 0 Å². The van der Waals surface area contributed by atoms with Gasteiger partial charge < -0.3 is 14.3 Å². The molecule has 2 aromatic rings. The van der Waals surface area contributed by atoms with Crippen LogP contribution in [-0.2, 0) is 4.79 Å². The number of aromatic nitrogens is 3. The van der Waals surface area contributed by atoms with Crippen LogP contribution in [0.15, 0.2) is 29.0 Å². The lowest BCUT2D eigenvalue weighted by molar-refractivity contribution is -0.133. The average molecular weight is 343 g/mol. The molecule has 8 nitrogen and oxygen atoms in total. The molecule has 0 aromatic carbocycles. The van der Waals surface area contributed by atoms with E-state index in [2.05, 4.69) is 15.1 Å². The lowest BCUT2D eigenvalue weighted by atomic mass is 10.2. The average Bonchev–Trinajstić information content (AvgIpc) is 2.95. The van der Waals surface area contributed by atoms with Crippen molar-refractivity contribution in [2.45, 2.75) is 32.7 Å². The quantitative estimate of drug-likeness (QED) is 0.840. The molecule has 0 N–H and O–H groups in total. The van der Waals surface area contributed by atoms with Gasteiger partial charge in [-0.1, -0.05) is 12.1 Å². The predicted octanol–water partition coefficient (Wildman–Crippen LogP) is 1.60. The number of pyridine rings is 1. The normalized spacial score (nSPS) is 18.1. The molecule has 3 rings (SSSR count). The molecule has 25 heavy (non-hydrogen) atoms. The van der Waals surface area contributed by atoms with E-state index in [9.17, 15) is 9.59 Å². The van der Waals surface area contributed by atoms with Gasteiger partial charge in [-0.15, -0.1) is 0 Å². The fraction of sp³-hybridized carbons (Fsp3) is 0.471. The summed E-state index contributed by atoms with van der Waals surface area (Å²) in [7, 11) is 0. The highest BCUT2D eigenvalue weighted by atomic mass is 16.5. The van der Waals surface area contributed by atoms with Crippen LogP contribution in [-0.4, -0.2) is 56.4 Å². The van der Waals surface area contributed by atoms with E-state index in [4.69, 9.17) is 4.52 Å². The summed E-state index contributed by atoms with van der Waals surface area (Å²) in [5, 5.41) is 3.83. The van der Waals surface area contributed by atoms with E-state index in [-0.39, 0.29) is 11.8 Å². The smallest absolute Gasteiger partial charge is 0.255 e. The first-order valence-electron chi connectivity index (χ1n) is 8.39. The van der Waals surface area contributed by atoms with Gasteiger partial charge in [-0.2, -0.15) is 4.98 Å². The highest BCUT2D eigenvalue weighted by Crippen LogP contribution is 2.25. The monoisotopic (exact) mass is 343 g/mol. The molecular formula is C17H21N5O3. The van der Waals surface area contributed by atoms with E-state index >= 15 is 0 Å². The Morgan fingerprint density at radius 1 is 1.36 bits per heavy atom. The van der Waals surface area contributed by atoms with E-state index in [1.165, 1.54) is 0 Å². The topological polar surface area (TPSA) is 92.4 Å². The zero-order valence-corrected chi connectivity index (χ0v) is 14.4. The summed E-state index contributed by atoms with van der Waals surface area (Å²) in [5.41, 5.74) is 0.526. The Bertz CT molecular complexity index is 746. The van der Waals surface area contributed by atoms with E-state index in [1.54, 1.807) is 41.2 Å². The highest BCUT2D eigenvalue weighted by Gasteiger charge is 2.34. The third-order valence-electron chi connectivity index (χ3n) is 4.24. The Morgan fingerprint density at radius 3 is 2.84 bits per heavy atom. The Kier molecular flexibility index (Phi) is 5.06. The molecule has 1 saturated heterocycles. The fourth-order valence-corrected chi connectivity index (χ4v) is 3.00. The van der Waals surface area contributed by atoms with Crippen molar-refractivity contribution in [1.82, 2.24) is 24.9 Å². The van der Waals surface area contributed by atoms with Crippen LogP contribution >= 0.6 is 0 Å². The molecule has 0 aliphatic carbocycles. The summed E-state index contributed by atoms with van der Waals surface area (Å²) in [6, 6.07) is 3.04. The number of carbonyl (C=O) groups excluding carboxylic acids is 2. The highest BCUT2D eigenvalue weighted by molar-refractivity contribution is 5.94. The van der Waals surface area contributed by atoms with Gasteiger partial charge in [0, 0.05) is 31.9 Å². The number of nitrogens with zero attached hydrogens (tertiary/aromatic N) is 5. The van der Waals surface area contributed by atoms with Crippen molar-refractivity contribution in [2.24, 2.45) is 0 Å². The minimum atomic E-state index is -0.434. The van der Waals surface area contributed by atoms with E-state index in [1.807, 2.05) is 6.92 Å². The van der Waals surface area contributed by atoms with Crippen LogP contribution in [0.25, 0.3) is 0 Å². The third-order valence-corrected chi connectivity index (χ3v) is 4.24. The van der Waals surface area contributed by atoms with Gasteiger partial charge in [0.15, 0.2) is 5.82 Å². The van der Waals surface area contributed by atoms with Crippen molar-refractivity contribution in [3.63, 3.8) is 0 Å². The third kappa shape index (κ3) is 3.67. The van der Waals surface area contributed by atoms with Crippen LogP contribution < -0.4 is 0 Å². The molecule has 8 heteroatoms. The Balaban J connectivity index is 1.89. The molecule has 1 aliphatic rings. The van der Waals surface area contributed by atoms with Gasteiger partial charge in [0.25, 0.3) is 11.8 Å². The van der Waals surface area contributed by atoms with E-state index < -0.39 is 6.04 Å². The van der Waals surface area contributed by atoms with Crippen LogP contribution in [0.4, 0.5) is 0 Å². The van der Waals surface area contributed by atoms with E-state index in [0.29, 0.717) is 49.8 Å². The second-order valence-electron chi connectivity index (χ2n) is 5.98. The summed E-state index contributed by atoms with van der Waals surface area (Å²) in [6.45, 7) is 4.98. The maximum Gasteiger partial charge on any atom is 0.255 e. The van der Waals surface area contributed by atoms with Crippen molar-refractivity contribution in [3.05, 3.63) is 41.8 Å². The first kappa shape index (κ1) is 17.1. The van der Waals surface area contributed by atoms with Crippen molar-refractivity contribution in [1.29, 1.82) is 0 Å². The molecule has 0 saturated carbocycles. The van der Waals surface area contributed by atoms with Gasteiger partial charge in [0.05, 0.1) is 12.1 Å². The van der Waals surface area contributed by atoms with Gasteiger partial charge in [-0.05, 0) is 25.5 Å². The number of amides is 2. The molecule has 0 bridgehead atoms. The van der Waals surface area contributed by atoms with Crippen molar-refractivity contribution >= 4 is 11.8 Å². The first-order valence-corrected chi connectivity index (χ1v) is 8.39. The standard InChI is InChI=1S/C17H21N5O3/c1-3-15(23)22-9-5-8-21(17(24)13-6-4-7-18-10-13)11-14(22)16-19-12(2)20-25-16/h4,6-7,10,14H,3,5,8-9,11H2,1-2H3. The second kappa shape index (κ2) is 7.42. The lowest BCUT2D eigenvalue weighted by Crippen LogP contribution is -2.40. The first-order chi connectivity index (χ1) is 12.1. The van der Waals surface area contributed by atoms with Crippen molar-refractivity contribution in [2.75, 3.05) is 19.6 Å². The zero-order valence-electron chi connectivity index (χ0n) is 14.4. The summed E-state index contributed by atoms with van der Waals surface area (Å²) in [6.07, 6.45) is 4.26. The van der Waals surface area contributed by atoms with Crippen LogP contribution in [0.3, 0.4) is 0 Å². The fourth-order valence-electron chi connectivity index (χ4n) is 3.00. The van der Waals surface area contributed by atoms with Crippen LogP contribution in [0.1, 0.15) is 47.9 Å². The zero-order chi connectivity index (χ0) is 17.8. The Labute approximate surface area is 145 Å². The van der Waals surface area contributed by atoms with Gasteiger partial charge in [0.2, 0.25) is 5.91 Å². The minimum absolute atomic E-state index is 0.0107. The van der Waals surface area contributed by atoms with Crippen LogP contribution in [0, 0.1) is 6.92 Å². The van der Waals surface area contributed by atoms with Crippen LogP contribution in [0.5, 0.6) is 0 Å². The number of rotatable bonds is 3. The molecule has 2 aromatic heterocycles. The molecule has 0 radical (unpaired) electrons. The summed E-state index contributed by atoms with van der Waals surface area (Å²) >= 11 is 0. The largest absolute Gasteiger partial charge is 0.337 e. The molecule has 1 aliphatic heterocycles. The molecule has 1 atom stereocenters. The number of hydrogen-bond acceptors (Lipinski definition) is 6. The molecule has 1 unspecified atom stereocenters. The number of aryl methyl sites for hydroxylation is 1. The summed E-state index contributed by atoms with van der Waals surface area (Å²) in [5.74, 6) is 0.773. The number of carbonyl (C=O) groups is 2. The van der Waals surface area contributed by atoms with Crippen molar-refractivity contribution < 1.29 is 14.1 Å². The van der Waals surface area contributed by atoms with Crippen LogP contribution in [0.2, 0.25) is 0 Å². The Hall–Kier alpha value is -2.77. The summed E-state index contributed by atoms with van der Waals surface area (Å²) in [4.78, 5) is 36.9. The maximum absolute atomic E-state index is 12.8. The molecule has 0 spiro atoms. The lowest BCUT2D eigenvalue weighted by Gasteiger charge is -2.29. The van der Waals surface area contributed by atoms with Gasteiger partial charge in [-0.3, -0.25) is 14.6 Å². The molecular weight excluding hydrogens is 322 g/mol. The maximum atomic E-state index is 12.8. The van der Waals surface area contributed by atoms with Gasteiger partial charge in [-0.25, -0.2) is 0 Å². The van der Waals surface area contributed by atoms with Gasteiger partial charge >= 0.3 is 0 Å².